The summed E-state index contributed by atoms with van der Waals surface area (Å²) in [5.74, 6) is -3.17. The molecule has 0 unspecified atom stereocenters. The number of carbonyl (C=O) groups is 2. The average molecular weight is 442 g/mol. The Hall–Kier alpha value is -2.70. The minimum absolute atomic E-state index is 0.0767. The van der Waals surface area contributed by atoms with E-state index in [4.69, 9.17) is 19.3 Å². The summed E-state index contributed by atoms with van der Waals surface area (Å²) >= 11 is 0. The number of phenols is 2. The second-order valence-corrected chi connectivity index (χ2v) is 7.12. The molecule has 0 bridgehead atoms. The van der Waals surface area contributed by atoms with Crippen molar-refractivity contribution in [1.29, 1.82) is 0 Å². The van der Waals surface area contributed by atoms with Crippen LogP contribution in [0.2, 0.25) is 0 Å². The predicted molar refractivity (Wildman–Crippen MR) is 104 cm³/mol. The maximum absolute atomic E-state index is 11.9. The van der Waals surface area contributed by atoms with Crippen LogP contribution in [0.5, 0.6) is 11.5 Å². The summed E-state index contributed by atoms with van der Waals surface area (Å²) in [5, 5.41) is 57.6. The molecule has 0 spiro atoms. The van der Waals surface area contributed by atoms with Crippen molar-refractivity contribution in [2.45, 2.75) is 44.1 Å². The average Bonchev–Trinajstić information content (AvgIpc) is 2.73. The van der Waals surface area contributed by atoms with Gasteiger partial charge in [0.25, 0.3) is 0 Å². The molecule has 11 nitrogen and oxygen atoms in total. The molecule has 1 saturated heterocycles. The molecule has 0 aromatic heterocycles. The van der Waals surface area contributed by atoms with Gasteiger partial charge in [0.05, 0.1) is 12.5 Å². The Kier molecular flexibility index (Phi) is 8.77. The van der Waals surface area contributed by atoms with Crippen molar-refractivity contribution in [3.8, 4) is 11.5 Å². The molecule has 172 valence electrons. The van der Waals surface area contributed by atoms with Crippen LogP contribution in [0, 0.1) is 5.92 Å². The molecule has 1 heterocycles. The fourth-order valence-electron chi connectivity index (χ4n) is 2.70. The van der Waals surface area contributed by atoms with Crippen LogP contribution in [0.4, 0.5) is 0 Å². The smallest absolute Gasteiger partial charge is 0.330 e. The topological polar surface area (TPSA) is 183 Å². The lowest BCUT2D eigenvalue weighted by Crippen LogP contribution is -2.59. The number of aliphatic hydroxyl groups excluding tert-OH is 3. The van der Waals surface area contributed by atoms with Crippen LogP contribution in [0.1, 0.15) is 18.9 Å². The van der Waals surface area contributed by atoms with E-state index in [9.17, 15) is 35.1 Å². The zero-order valence-corrected chi connectivity index (χ0v) is 16.7. The molecule has 6 N–H and O–H groups in total. The molecular weight excluding hydrogens is 416 g/mol. The van der Waals surface area contributed by atoms with Crippen molar-refractivity contribution < 1.29 is 54.4 Å². The molecule has 0 aliphatic carbocycles. The van der Waals surface area contributed by atoms with Gasteiger partial charge in [0.2, 0.25) is 0 Å². The Morgan fingerprint density at radius 2 is 1.84 bits per heavy atom. The van der Waals surface area contributed by atoms with E-state index in [1.165, 1.54) is 31.2 Å². The first-order valence-corrected chi connectivity index (χ1v) is 9.51. The predicted octanol–water partition coefficient (Wildman–Crippen LogP) is -0.411. The van der Waals surface area contributed by atoms with Crippen molar-refractivity contribution in [3.05, 3.63) is 29.8 Å². The van der Waals surface area contributed by atoms with Gasteiger partial charge < -0.3 is 44.8 Å². The van der Waals surface area contributed by atoms with Crippen LogP contribution in [0.25, 0.3) is 6.08 Å². The largest absolute Gasteiger partial charge is 0.504 e. The highest BCUT2D eigenvalue weighted by atomic mass is 16.7. The van der Waals surface area contributed by atoms with E-state index in [2.05, 4.69) is 0 Å². The maximum Gasteiger partial charge on any atom is 0.330 e. The molecule has 0 saturated carbocycles. The molecule has 31 heavy (non-hydrogen) atoms. The van der Waals surface area contributed by atoms with E-state index in [1.54, 1.807) is 0 Å². The number of carboxylic acids is 1. The number of benzene rings is 1. The van der Waals surface area contributed by atoms with Crippen LogP contribution < -0.4 is 0 Å². The molecule has 1 fully saturated rings. The summed E-state index contributed by atoms with van der Waals surface area (Å²) in [4.78, 5) is 22.7. The van der Waals surface area contributed by atoms with E-state index in [0.29, 0.717) is 5.56 Å². The number of carbonyl (C=O) groups excluding carboxylic acids is 1. The SMILES string of the molecule is C[C@H](CCO[C@@H]1O[C@H](COC(=O)/C=C/c2ccc(O)c(O)c2)[C@@H](O)[C@H](O)[C@H]1O)C(=O)O. The van der Waals surface area contributed by atoms with Crippen molar-refractivity contribution in [2.24, 2.45) is 5.92 Å². The van der Waals surface area contributed by atoms with E-state index in [1.807, 2.05) is 0 Å². The molecule has 2 rings (SSSR count). The van der Waals surface area contributed by atoms with E-state index in [0.717, 1.165) is 6.08 Å². The Morgan fingerprint density at radius 1 is 1.13 bits per heavy atom. The molecule has 1 aliphatic rings. The highest BCUT2D eigenvalue weighted by molar-refractivity contribution is 5.87. The second-order valence-electron chi connectivity index (χ2n) is 7.12. The minimum atomic E-state index is -1.63. The van der Waals surface area contributed by atoms with Gasteiger partial charge >= 0.3 is 11.9 Å². The summed E-state index contributed by atoms with van der Waals surface area (Å²) in [5.41, 5.74) is 0.420. The summed E-state index contributed by atoms with van der Waals surface area (Å²) in [7, 11) is 0. The highest BCUT2D eigenvalue weighted by Crippen LogP contribution is 2.25. The third-order valence-electron chi connectivity index (χ3n) is 4.72. The molecule has 0 amide bonds. The number of phenolic OH excluding ortho intramolecular Hbond substituents is 2. The second kappa shape index (κ2) is 11.1. The van der Waals surface area contributed by atoms with E-state index >= 15 is 0 Å². The number of rotatable bonds is 9. The first kappa shape index (κ1) is 24.6. The summed E-state index contributed by atoms with van der Waals surface area (Å²) in [6.45, 7) is 0.949. The zero-order chi connectivity index (χ0) is 23.1. The van der Waals surface area contributed by atoms with Crippen LogP contribution in [-0.4, -0.2) is 86.5 Å². The maximum atomic E-state index is 11.9. The Balaban J connectivity index is 1.88. The molecule has 6 atom stereocenters. The first-order chi connectivity index (χ1) is 14.6. The van der Waals surface area contributed by atoms with Gasteiger partial charge in [-0.1, -0.05) is 13.0 Å². The van der Waals surface area contributed by atoms with Gasteiger partial charge in [-0.25, -0.2) is 4.79 Å². The Labute approximate surface area is 177 Å². The van der Waals surface area contributed by atoms with E-state index in [-0.39, 0.29) is 24.5 Å². The van der Waals surface area contributed by atoms with E-state index < -0.39 is 55.2 Å². The fourth-order valence-corrected chi connectivity index (χ4v) is 2.70. The van der Waals surface area contributed by atoms with Gasteiger partial charge in [0.15, 0.2) is 17.8 Å². The van der Waals surface area contributed by atoms with Gasteiger partial charge in [0.1, 0.15) is 31.0 Å². The monoisotopic (exact) mass is 442 g/mol. The quantitative estimate of drug-likeness (QED) is 0.166. The number of ether oxygens (including phenoxy) is 3. The zero-order valence-electron chi connectivity index (χ0n) is 16.7. The Morgan fingerprint density at radius 3 is 2.48 bits per heavy atom. The third-order valence-corrected chi connectivity index (χ3v) is 4.72. The van der Waals surface area contributed by atoms with Crippen molar-refractivity contribution in [1.82, 2.24) is 0 Å². The molecule has 0 radical (unpaired) electrons. The van der Waals surface area contributed by atoms with Gasteiger partial charge in [-0.2, -0.15) is 0 Å². The number of esters is 1. The molecule has 1 aliphatic heterocycles. The van der Waals surface area contributed by atoms with Crippen LogP contribution in [-0.2, 0) is 23.8 Å². The number of aromatic hydroxyl groups is 2. The summed E-state index contributed by atoms with van der Waals surface area (Å²) < 4.78 is 15.7. The summed E-state index contributed by atoms with van der Waals surface area (Å²) in [6, 6.07) is 3.94. The standard InChI is InChI=1S/C20H26O11/c1-10(19(27)28)6-7-29-20-18(26)17(25)16(24)14(31-20)9-30-15(23)5-3-11-2-4-12(21)13(22)8-11/h2-5,8,10,14,16-18,20-22,24-26H,6-7,9H2,1H3,(H,27,28)/b5-3+/t10-,14-,16-,17+,18-,20-/m1/s1. The number of hydrogen-bond donors (Lipinski definition) is 6. The third kappa shape index (κ3) is 6.91. The number of hydrogen-bond acceptors (Lipinski definition) is 10. The number of carboxylic acid groups (broad SMARTS) is 1. The lowest BCUT2D eigenvalue weighted by Gasteiger charge is -2.40. The van der Waals surface area contributed by atoms with Crippen molar-refractivity contribution in [3.63, 3.8) is 0 Å². The van der Waals surface area contributed by atoms with Crippen LogP contribution in [0.15, 0.2) is 24.3 Å². The number of aliphatic carboxylic acids is 1. The minimum Gasteiger partial charge on any atom is -0.504 e. The normalized spacial score (nSPS) is 27.2. The number of aliphatic hydroxyl groups is 3. The first-order valence-electron chi connectivity index (χ1n) is 9.51. The lowest BCUT2D eigenvalue weighted by molar-refractivity contribution is -0.301. The summed E-state index contributed by atoms with van der Waals surface area (Å²) in [6.07, 6.45) is -4.80. The lowest BCUT2D eigenvalue weighted by atomic mass is 9.99. The molecule has 1 aromatic carbocycles. The fraction of sp³-hybridized carbons (Fsp3) is 0.500. The Bertz CT molecular complexity index is 793. The highest BCUT2D eigenvalue weighted by Gasteiger charge is 2.44. The molecule has 1 aromatic rings. The van der Waals surface area contributed by atoms with Gasteiger partial charge in [0, 0.05) is 6.08 Å². The van der Waals surface area contributed by atoms with Crippen LogP contribution in [0.3, 0.4) is 0 Å². The van der Waals surface area contributed by atoms with Gasteiger partial charge in [-0.15, -0.1) is 0 Å². The molecular formula is C20H26O11. The molecule has 11 heteroatoms. The van der Waals surface area contributed by atoms with Crippen molar-refractivity contribution >= 4 is 18.0 Å². The van der Waals surface area contributed by atoms with Gasteiger partial charge in [-0.3, -0.25) is 4.79 Å². The van der Waals surface area contributed by atoms with Gasteiger partial charge in [-0.05, 0) is 30.2 Å². The van der Waals surface area contributed by atoms with Crippen molar-refractivity contribution in [2.75, 3.05) is 13.2 Å². The van der Waals surface area contributed by atoms with Crippen LogP contribution >= 0.6 is 0 Å².